The van der Waals surface area contributed by atoms with Crippen LogP contribution in [0.3, 0.4) is 0 Å². The number of ketones is 1. The van der Waals surface area contributed by atoms with Crippen LogP contribution in [-0.4, -0.2) is 29.6 Å². The van der Waals surface area contributed by atoms with Gasteiger partial charge < -0.3 is 9.84 Å². The fourth-order valence-electron chi connectivity index (χ4n) is 1.13. The molecule has 86 valence electrons. The Bertz CT molecular complexity index is 381. The predicted octanol–water partition coefficient (Wildman–Crippen LogP) is 1.43. The van der Waals surface area contributed by atoms with Crippen LogP contribution in [0.1, 0.15) is 34.6 Å². The summed E-state index contributed by atoms with van der Waals surface area (Å²) in [6, 6.07) is 6.21. The zero-order valence-corrected chi connectivity index (χ0v) is 9.27. The second kappa shape index (κ2) is 5.42. The van der Waals surface area contributed by atoms with Gasteiger partial charge in [-0.1, -0.05) is 12.1 Å². The van der Waals surface area contributed by atoms with E-state index < -0.39 is 12.1 Å². The number of hydrogen-bond acceptors (Lipinski definition) is 4. The molecule has 1 rings (SSSR count). The van der Waals surface area contributed by atoms with Crippen molar-refractivity contribution in [1.82, 2.24) is 0 Å². The third-order valence-electron chi connectivity index (χ3n) is 2.09. The minimum atomic E-state index is -0.528. The molecule has 1 aromatic rings. The van der Waals surface area contributed by atoms with E-state index in [9.17, 15) is 9.59 Å². The molecule has 16 heavy (non-hydrogen) atoms. The first-order chi connectivity index (χ1) is 7.54. The van der Waals surface area contributed by atoms with E-state index in [0.717, 1.165) is 0 Å². The van der Waals surface area contributed by atoms with Crippen molar-refractivity contribution in [1.29, 1.82) is 0 Å². The largest absolute Gasteiger partial charge is 0.457 e. The van der Waals surface area contributed by atoms with Crippen LogP contribution in [0.5, 0.6) is 0 Å². The number of carbonyl (C=O) groups excluding carboxylic acids is 2. The van der Waals surface area contributed by atoms with Crippen molar-refractivity contribution >= 4 is 11.8 Å². The van der Waals surface area contributed by atoms with Gasteiger partial charge >= 0.3 is 5.97 Å². The molecule has 1 unspecified atom stereocenters. The summed E-state index contributed by atoms with van der Waals surface area (Å²) in [4.78, 5) is 22.5. The molecule has 1 atom stereocenters. The highest BCUT2D eigenvalue weighted by molar-refractivity contribution is 5.96. The molecule has 0 amide bonds. The third kappa shape index (κ3) is 3.17. The van der Waals surface area contributed by atoms with Crippen LogP contribution in [0, 0.1) is 0 Å². The lowest BCUT2D eigenvalue weighted by Crippen LogP contribution is -2.18. The highest BCUT2D eigenvalue weighted by atomic mass is 16.5. The van der Waals surface area contributed by atoms with Crippen LogP contribution < -0.4 is 0 Å². The minimum Gasteiger partial charge on any atom is -0.457 e. The summed E-state index contributed by atoms with van der Waals surface area (Å²) in [7, 11) is 0. The summed E-state index contributed by atoms with van der Waals surface area (Å²) in [5.41, 5.74) is 0.914. The molecule has 0 saturated heterocycles. The van der Waals surface area contributed by atoms with Crippen molar-refractivity contribution in [2.45, 2.75) is 20.0 Å². The number of aliphatic hydroxyl groups excluding tert-OH is 1. The molecular formula is C12H14O4. The summed E-state index contributed by atoms with van der Waals surface area (Å²) in [6.45, 7) is 2.85. The van der Waals surface area contributed by atoms with Gasteiger partial charge in [0.05, 0.1) is 12.2 Å². The molecule has 0 heterocycles. The molecule has 0 radical (unpaired) electrons. The van der Waals surface area contributed by atoms with Crippen LogP contribution in [0.15, 0.2) is 24.3 Å². The van der Waals surface area contributed by atoms with Gasteiger partial charge in [-0.2, -0.15) is 0 Å². The summed E-state index contributed by atoms with van der Waals surface area (Å²) >= 11 is 0. The third-order valence-corrected chi connectivity index (χ3v) is 2.09. The number of ether oxygens (including phenoxy) is 1. The number of Topliss-reactive ketones (excluding diaryl/α,β-unsaturated/α-hetero) is 1. The average Bonchev–Trinajstić information content (AvgIpc) is 2.28. The standard InChI is InChI=1S/C12H14O4/c1-8(7-13)16-12(15)11-5-3-10(4-6-11)9(2)14/h3-6,8,13H,7H2,1-2H3. The van der Waals surface area contributed by atoms with Gasteiger partial charge in [-0.25, -0.2) is 4.79 Å². The zero-order chi connectivity index (χ0) is 12.1. The Labute approximate surface area is 93.9 Å². The van der Waals surface area contributed by atoms with Crippen molar-refractivity contribution in [3.05, 3.63) is 35.4 Å². The summed E-state index contributed by atoms with van der Waals surface area (Å²) < 4.78 is 4.91. The van der Waals surface area contributed by atoms with Crippen molar-refractivity contribution < 1.29 is 19.4 Å². The number of esters is 1. The molecular weight excluding hydrogens is 208 g/mol. The Morgan fingerprint density at radius 2 is 1.75 bits per heavy atom. The highest BCUT2D eigenvalue weighted by Crippen LogP contribution is 2.07. The van der Waals surface area contributed by atoms with Crippen LogP contribution in [-0.2, 0) is 4.74 Å². The van der Waals surface area contributed by atoms with E-state index in [1.54, 1.807) is 19.1 Å². The number of aliphatic hydroxyl groups is 1. The number of benzene rings is 1. The van der Waals surface area contributed by atoms with E-state index in [4.69, 9.17) is 9.84 Å². The highest BCUT2D eigenvalue weighted by Gasteiger charge is 2.11. The Morgan fingerprint density at radius 1 is 1.25 bits per heavy atom. The molecule has 0 aliphatic heterocycles. The Kier molecular flexibility index (Phi) is 4.19. The fraction of sp³-hybridized carbons (Fsp3) is 0.333. The number of hydrogen-bond donors (Lipinski definition) is 1. The van der Waals surface area contributed by atoms with Crippen LogP contribution >= 0.6 is 0 Å². The molecule has 0 bridgehead atoms. The van der Waals surface area contributed by atoms with Crippen molar-refractivity contribution in [2.75, 3.05) is 6.61 Å². The second-order valence-electron chi connectivity index (χ2n) is 3.53. The Balaban J connectivity index is 2.74. The Morgan fingerprint density at radius 3 is 2.19 bits per heavy atom. The first kappa shape index (κ1) is 12.4. The molecule has 0 aliphatic rings. The van der Waals surface area contributed by atoms with Crippen LogP contribution in [0.25, 0.3) is 0 Å². The summed E-state index contributed by atoms with van der Waals surface area (Å²) in [5.74, 6) is -0.555. The first-order valence-corrected chi connectivity index (χ1v) is 4.97. The molecule has 0 fully saturated rings. The van der Waals surface area contributed by atoms with E-state index in [1.165, 1.54) is 19.1 Å². The Hall–Kier alpha value is -1.68. The SMILES string of the molecule is CC(=O)c1ccc(C(=O)OC(C)CO)cc1. The zero-order valence-electron chi connectivity index (χ0n) is 9.27. The van der Waals surface area contributed by atoms with Gasteiger partial charge in [-0.05, 0) is 26.0 Å². The van der Waals surface area contributed by atoms with Crippen LogP contribution in [0.2, 0.25) is 0 Å². The first-order valence-electron chi connectivity index (χ1n) is 4.97. The maximum absolute atomic E-state index is 11.5. The summed E-state index contributed by atoms with van der Waals surface area (Å²) in [5, 5.41) is 8.73. The van der Waals surface area contributed by atoms with E-state index in [0.29, 0.717) is 11.1 Å². The predicted molar refractivity (Wildman–Crippen MR) is 58.4 cm³/mol. The van der Waals surface area contributed by atoms with Gasteiger partial charge in [0.25, 0.3) is 0 Å². The maximum Gasteiger partial charge on any atom is 0.338 e. The quantitative estimate of drug-likeness (QED) is 0.618. The fourth-order valence-corrected chi connectivity index (χ4v) is 1.13. The van der Waals surface area contributed by atoms with E-state index in [-0.39, 0.29) is 12.4 Å². The van der Waals surface area contributed by atoms with Crippen molar-refractivity contribution in [3.8, 4) is 0 Å². The van der Waals surface area contributed by atoms with Crippen LogP contribution in [0.4, 0.5) is 0 Å². The van der Waals surface area contributed by atoms with Gasteiger partial charge in [0.2, 0.25) is 0 Å². The molecule has 1 N–H and O–H groups in total. The monoisotopic (exact) mass is 222 g/mol. The summed E-state index contributed by atoms with van der Waals surface area (Å²) in [6.07, 6.45) is -0.528. The normalized spacial score (nSPS) is 11.9. The molecule has 0 spiro atoms. The molecule has 4 nitrogen and oxygen atoms in total. The topological polar surface area (TPSA) is 63.6 Å². The lowest BCUT2D eigenvalue weighted by Gasteiger charge is -2.10. The van der Waals surface area contributed by atoms with Gasteiger partial charge in [0.1, 0.15) is 6.10 Å². The molecule has 0 saturated carbocycles. The second-order valence-corrected chi connectivity index (χ2v) is 3.53. The van der Waals surface area contributed by atoms with Crippen molar-refractivity contribution in [2.24, 2.45) is 0 Å². The number of rotatable bonds is 4. The maximum atomic E-state index is 11.5. The lowest BCUT2D eigenvalue weighted by atomic mass is 10.1. The van der Waals surface area contributed by atoms with E-state index in [2.05, 4.69) is 0 Å². The number of carbonyl (C=O) groups is 2. The van der Waals surface area contributed by atoms with Gasteiger partial charge in [-0.15, -0.1) is 0 Å². The van der Waals surface area contributed by atoms with Crippen molar-refractivity contribution in [3.63, 3.8) is 0 Å². The van der Waals surface area contributed by atoms with Gasteiger partial charge in [0.15, 0.2) is 5.78 Å². The van der Waals surface area contributed by atoms with E-state index in [1.807, 2.05) is 0 Å². The van der Waals surface area contributed by atoms with E-state index >= 15 is 0 Å². The molecule has 0 aromatic heterocycles. The smallest absolute Gasteiger partial charge is 0.338 e. The molecule has 1 aromatic carbocycles. The molecule has 0 aliphatic carbocycles. The average molecular weight is 222 g/mol. The molecule has 4 heteroatoms. The van der Waals surface area contributed by atoms with Gasteiger partial charge in [-0.3, -0.25) is 4.79 Å². The minimum absolute atomic E-state index is 0.0522. The lowest BCUT2D eigenvalue weighted by molar-refractivity contribution is 0.0197. The van der Waals surface area contributed by atoms with Gasteiger partial charge in [0, 0.05) is 5.56 Å².